The number of hydrogen-bond donors (Lipinski definition) is 6. The van der Waals surface area contributed by atoms with Gasteiger partial charge in [0, 0.05) is 71.4 Å². The first-order valence-corrected chi connectivity index (χ1v) is 28.1. The lowest BCUT2D eigenvalue weighted by atomic mass is 9.78. The largest absolute Gasteiger partial charge is 0.391 e. The van der Waals surface area contributed by atoms with Crippen LogP contribution in [0.4, 0.5) is 5.69 Å². The number of nitrogens with two attached hydrogens (primary N) is 1. The lowest BCUT2D eigenvalue weighted by Gasteiger charge is -2.49. The summed E-state index contributed by atoms with van der Waals surface area (Å²) in [5, 5.41) is 23.4. The molecule has 7 heterocycles. The van der Waals surface area contributed by atoms with Gasteiger partial charge in [0.15, 0.2) is 0 Å². The van der Waals surface area contributed by atoms with Crippen LogP contribution in [0.1, 0.15) is 76.0 Å². The highest BCUT2D eigenvalue weighted by Crippen LogP contribution is 2.57. The molecular weight excluding hydrogens is 993 g/mol. The van der Waals surface area contributed by atoms with Crippen molar-refractivity contribution in [2.24, 2.45) is 11.7 Å². The second kappa shape index (κ2) is 20.9. The second-order valence-corrected chi connectivity index (χ2v) is 23.1. The molecule has 1 spiro atoms. The van der Waals surface area contributed by atoms with Crippen molar-refractivity contribution in [2.45, 2.75) is 138 Å². The predicted molar refractivity (Wildman–Crippen MR) is 281 cm³/mol. The molecule has 10 rings (SSSR count). The number of carbonyl (C=O) groups excluding carboxylic acids is 8. The summed E-state index contributed by atoms with van der Waals surface area (Å²) in [5.74, 6) is -5.22. The Kier molecular flexibility index (Phi) is 14.4. The van der Waals surface area contributed by atoms with Gasteiger partial charge in [-0.25, -0.2) is 0 Å². The molecule has 76 heavy (non-hydrogen) atoms. The normalized spacial score (nSPS) is 30.2. The Hall–Kier alpha value is -6.97. The average molecular weight is 1060 g/mol. The maximum atomic E-state index is 15.4. The number of carbonyl (C=O) groups is 8. The van der Waals surface area contributed by atoms with Crippen LogP contribution in [0.3, 0.4) is 0 Å². The van der Waals surface area contributed by atoms with Crippen molar-refractivity contribution in [1.29, 1.82) is 0 Å². The van der Waals surface area contributed by atoms with E-state index in [9.17, 15) is 38.1 Å². The van der Waals surface area contributed by atoms with Gasteiger partial charge in [-0.05, 0) is 74.6 Å². The number of nitrogens with zero attached hydrogens (tertiary/aromatic N) is 5. The minimum atomic E-state index is -1.60. The molecule has 1 aromatic heterocycles. The molecule has 0 saturated carbocycles. The fourth-order valence-electron chi connectivity index (χ4n) is 12.7. The van der Waals surface area contributed by atoms with E-state index in [1.807, 2.05) is 89.6 Å². The number of aromatic nitrogens is 1. The number of aliphatic hydroxyl groups is 1. The van der Waals surface area contributed by atoms with E-state index in [0.29, 0.717) is 40.6 Å². The summed E-state index contributed by atoms with van der Waals surface area (Å²) >= 11 is 0. The van der Waals surface area contributed by atoms with Crippen LogP contribution in [0.25, 0.3) is 10.9 Å². The average Bonchev–Trinajstić information content (AvgIpc) is 4.38. The Morgan fingerprint density at radius 3 is 2.03 bits per heavy atom. The van der Waals surface area contributed by atoms with E-state index >= 15 is 9.59 Å². The van der Waals surface area contributed by atoms with Crippen LogP contribution in [-0.4, -0.2) is 162 Å². The number of piperidine rings is 1. The highest BCUT2D eigenvalue weighted by Gasteiger charge is 2.68. The summed E-state index contributed by atoms with van der Waals surface area (Å²) in [6.07, 6.45) is 2.29. The molecule has 10 unspecified atom stereocenters. The van der Waals surface area contributed by atoms with Crippen LogP contribution in [0.5, 0.6) is 0 Å². The Balaban J connectivity index is 1.11. The lowest BCUT2D eigenvalue weighted by molar-refractivity contribution is -0.148. The zero-order valence-corrected chi connectivity index (χ0v) is 43.9. The first-order valence-electron chi connectivity index (χ1n) is 26.4. The first-order chi connectivity index (χ1) is 36.4. The van der Waals surface area contributed by atoms with Crippen LogP contribution in [-0.2, 0) is 67.5 Å². The lowest BCUT2D eigenvalue weighted by Crippen LogP contribution is -2.69. The number of rotatable bonds is 7. The molecule has 4 bridgehead atoms. The number of aliphatic hydroxyl groups excluding tert-OH is 1. The topological polar surface area (TPSA) is 266 Å². The molecule has 402 valence electrons. The number of benzene rings is 3. The van der Waals surface area contributed by atoms with Gasteiger partial charge in [-0.2, -0.15) is 0 Å². The molecule has 8 amide bonds. The number of nitrogens with one attached hydrogen (secondary N) is 4. The van der Waals surface area contributed by atoms with Gasteiger partial charge in [0.05, 0.1) is 17.8 Å². The van der Waals surface area contributed by atoms with Crippen LogP contribution >= 0.6 is 0 Å². The summed E-state index contributed by atoms with van der Waals surface area (Å²) in [4.78, 5) is 124. The summed E-state index contributed by atoms with van der Waals surface area (Å²) in [7, 11) is -1.35. The molecular formula is C55H66N10O10S. The second-order valence-electron chi connectivity index (χ2n) is 21.6. The third-order valence-corrected chi connectivity index (χ3v) is 17.2. The SMILES string of the molecule is CC(C)C1NC(=O)C2CCCN2C(=O)C(CCS(C)=O)NC(=O)C(N)Cc2cn(c3ccccc23)C23C[C@H](NC(=O)[C@H](C(C)O)NC(=O)C4CCCN4C1=O)C(=O)N1C(Cc4ccccc4)C(=O)N(c4ccccc42)C13. The molecule has 4 saturated heterocycles. The van der Waals surface area contributed by atoms with Crippen molar-refractivity contribution in [3.63, 3.8) is 0 Å². The van der Waals surface area contributed by atoms with Crippen molar-refractivity contribution >= 4 is 74.6 Å². The molecule has 20 nitrogen and oxygen atoms in total. The van der Waals surface area contributed by atoms with Crippen LogP contribution in [0, 0.1) is 5.92 Å². The van der Waals surface area contributed by atoms with Gasteiger partial charge >= 0.3 is 0 Å². The highest BCUT2D eigenvalue weighted by atomic mass is 32.2. The van der Waals surface area contributed by atoms with Gasteiger partial charge < -0.3 is 51.4 Å². The molecule has 4 aromatic rings. The number of hydrogen-bond acceptors (Lipinski definition) is 11. The zero-order chi connectivity index (χ0) is 53.9. The van der Waals surface area contributed by atoms with E-state index in [4.69, 9.17) is 5.73 Å². The van der Waals surface area contributed by atoms with Crippen molar-refractivity contribution in [1.82, 2.24) is 40.5 Å². The van der Waals surface area contributed by atoms with Gasteiger partial charge in [-0.3, -0.25) is 47.5 Å². The van der Waals surface area contributed by atoms with E-state index in [-0.39, 0.29) is 63.3 Å². The fraction of sp³-hybridized carbons (Fsp3) is 0.491. The van der Waals surface area contributed by atoms with E-state index in [1.165, 1.54) is 23.0 Å². The van der Waals surface area contributed by atoms with Crippen molar-refractivity contribution < 1.29 is 47.7 Å². The molecule has 21 heteroatoms. The number of fused-ring (bicyclic) bond motifs is 10. The first kappa shape index (κ1) is 52.5. The predicted octanol–water partition coefficient (Wildman–Crippen LogP) is 0.525. The zero-order valence-electron chi connectivity index (χ0n) is 43.1. The van der Waals surface area contributed by atoms with Gasteiger partial charge in [0.2, 0.25) is 41.4 Å². The summed E-state index contributed by atoms with van der Waals surface area (Å²) in [5.41, 5.74) is 8.87. The van der Waals surface area contributed by atoms with Crippen molar-refractivity contribution in [3.05, 3.63) is 102 Å². The summed E-state index contributed by atoms with van der Waals surface area (Å²) in [6.45, 7) is 5.17. The molecule has 7 N–H and O–H groups in total. The summed E-state index contributed by atoms with van der Waals surface area (Å²) in [6, 6.07) is 14.6. The highest BCUT2D eigenvalue weighted by molar-refractivity contribution is 7.84. The van der Waals surface area contributed by atoms with E-state index in [0.717, 1.165) is 5.56 Å². The molecule has 6 aliphatic heterocycles. The molecule has 3 aromatic carbocycles. The monoisotopic (exact) mass is 1060 g/mol. The third kappa shape index (κ3) is 9.12. The van der Waals surface area contributed by atoms with Crippen LogP contribution < -0.4 is 31.9 Å². The number of amides is 8. The molecule has 4 fully saturated rings. The minimum Gasteiger partial charge on any atom is -0.391 e. The molecule has 0 aliphatic carbocycles. The maximum absolute atomic E-state index is 15.4. The van der Waals surface area contributed by atoms with E-state index in [1.54, 1.807) is 23.6 Å². The maximum Gasteiger partial charge on any atom is 0.252 e. The Bertz CT molecular complexity index is 3020. The van der Waals surface area contributed by atoms with Crippen LogP contribution in [0.15, 0.2) is 85.1 Å². The van der Waals surface area contributed by atoms with Gasteiger partial charge in [-0.1, -0.05) is 80.6 Å². The van der Waals surface area contributed by atoms with Crippen LogP contribution in [0.2, 0.25) is 0 Å². The van der Waals surface area contributed by atoms with Crippen molar-refractivity contribution in [2.75, 3.05) is 30.0 Å². The minimum absolute atomic E-state index is 0.0112. The van der Waals surface area contributed by atoms with Gasteiger partial charge in [-0.15, -0.1) is 0 Å². The Morgan fingerprint density at radius 1 is 0.724 bits per heavy atom. The molecule has 12 atom stereocenters. The standard InChI is InChI=1S/C55H66N10O10S/c1-30(2)44-53(74)62-24-13-21-42(62)48(69)60-45(31(3)66)49(70)58-38-28-55(35-17-9-11-19-40(35)64-52(73)43(65(51(38)72)54(55)64)26-32-14-6-5-7-15-32)63-29-33(34-16-8-10-18-39(34)63)27-36(56)46(67)57-37(22-25-76(4)75)50(71)61-23-12-20-41(61)47(68)59-44/h5-11,14-19,29-31,36-38,41-45,54,66H,12-13,20-28,56H2,1-4H3,(H,57,67)(H,58,70)(H,59,68)(H,60,69)/t31?,36?,37?,38-,41?,42?,43?,44?,45-,54?,55?,76?/m0/s1. The smallest absolute Gasteiger partial charge is 0.252 e. The van der Waals surface area contributed by atoms with E-state index in [2.05, 4.69) is 21.3 Å². The third-order valence-electron chi connectivity index (χ3n) is 16.4. The quantitative estimate of drug-likeness (QED) is 0.149. The number of para-hydroxylation sites is 2. The number of anilines is 1. The van der Waals surface area contributed by atoms with Gasteiger partial charge in [0.25, 0.3) is 5.91 Å². The Labute approximate surface area is 442 Å². The summed E-state index contributed by atoms with van der Waals surface area (Å²) < 4.78 is 14.5. The van der Waals surface area contributed by atoms with E-state index < -0.39 is 124 Å². The Morgan fingerprint density at radius 2 is 1.36 bits per heavy atom. The van der Waals surface area contributed by atoms with Crippen molar-refractivity contribution in [3.8, 4) is 0 Å². The van der Waals surface area contributed by atoms with Gasteiger partial charge in [0.1, 0.15) is 54.0 Å². The molecule has 6 aliphatic rings. The molecule has 0 radical (unpaired) electrons. The fourth-order valence-corrected chi connectivity index (χ4v) is 13.3.